The van der Waals surface area contributed by atoms with Gasteiger partial charge < -0.3 is 10.2 Å². The molecule has 7 nitrogen and oxygen atoms in total. The number of aromatic nitrogens is 1. The molecule has 1 aromatic carbocycles. The number of carbonyl (C=O) groups is 2. The first-order chi connectivity index (χ1) is 15.0. The predicted molar refractivity (Wildman–Crippen MR) is 120 cm³/mol. The lowest BCUT2D eigenvalue weighted by Crippen LogP contribution is -2.44. The number of nitrogens with zero attached hydrogens (tertiary/aromatic N) is 3. The molecule has 4 heterocycles. The van der Waals surface area contributed by atoms with Crippen molar-refractivity contribution in [3.8, 4) is 5.69 Å². The molecular formula is C22H19ClN4O3S. The van der Waals surface area contributed by atoms with Crippen LogP contribution < -0.4 is 15.8 Å². The van der Waals surface area contributed by atoms with E-state index in [9.17, 15) is 14.4 Å². The Labute approximate surface area is 187 Å². The molecule has 0 radical (unpaired) electrons. The van der Waals surface area contributed by atoms with E-state index in [1.165, 1.54) is 17.4 Å². The van der Waals surface area contributed by atoms with Gasteiger partial charge in [-0.15, -0.1) is 11.3 Å². The average Bonchev–Trinajstić information content (AvgIpc) is 3.46. The molecule has 0 aliphatic carbocycles. The van der Waals surface area contributed by atoms with E-state index in [2.05, 4.69) is 5.32 Å². The van der Waals surface area contributed by atoms with Gasteiger partial charge in [0.25, 0.3) is 11.5 Å². The van der Waals surface area contributed by atoms with Gasteiger partial charge in [0.05, 0.1) is 27.8 Å². The fourth-order valence-corrected chi connectivity index (χ4v) is 5.18. The highest BCUT2D eigenvalue weighted by Crippen LogP contribution is 2.31. The molecular weight excluding hydrogens is 436 g/mol. The van der Waals surface area contributed by atoms with Crippen LogP contribution >= 0.6 is 22.9 Å². The van der Waals surface area contributed by atoms with Crippen molar-refractivity contribution in [2.75, 3.05) is 18.0 Å². The summed E-state index contributed by atoms with van der Waals surface area (Å²) in [6, 6.07) is 15.5. The number of rotatable bonds is 4. The van der Waals surface area contributed by atoms with E-state index in [0.29, 0.717) is 22.3 Å². The van der Waals surface area contributed by atoms with Crippen LogP contribution in [0.1, 0.15) is 16.1 Å². The molecule has 158 valence electrons. The normalized spacial score (nSPS) is 20.2. The Bertz CT molecular complexity index is 1210. The summed E-state index contributed by atoms with van der Waals surface area (Å²) in [6.07, 6.45) is 2.44. The molecule has 2 aliphatic rings. The van der Waals surface area contributed by atoms with Gasteiger partial charge in [0.1, 0.15) is 0 Å². The molecule has 5 rings (SSSR count). The monoisotopic (exact) mass is 454 g/mol. The Morgan fingerprint density at radius 2 is 1.81 bits per heavy atom. The van der Waals surface area contributed by atoms with Gasteiger partial charge in [-0.25, -0.2) is 4.79 Å². The van der Waals surface area contributed by atoms with Gasteiger partial charge >= 0.3 is 6.03 Å². The SMILES string of the molecule is O=C(NC1CCN2C(=O)N(c3ccc(-n4ccccc4=O)cc3)CC12)c1ccc(Cl)s1. The Morgan fingerprint density at radius 3 is 2.52 bits per heavy atom. The first-order valence-electron chi connectivity index (χ1n) is 9.94. The van der Waals surface area contributed by atoms with Crippen LogP contribution in [0, 0.1) is 0 Å². The standard InChI is InChI=1S/C22H19ClN4O3S/c23-19-9-8-18(31-19)21(29)24-16-10-12-26-17(16)13-27(22(26)30)15-6-4-14(5-7-15)25-11-2-1-3-20(25)28/h1-9,11,16-17H,10,12-13H2,(H,24,29). The summed E-state index contributed by atoms with van der Waals surface area (Å²) >= 11 is 7.18. The lowest BCUT2D eigenvalue weighted by Gasteiger charge is -2.20. The summed E-state index contributed by atoms with van der Waals surface area (Å²) < 4.78 is 2.12. The zero-order valence-corrected chi connectivity index (χ0v) is 18.0. The molecule has 2 unspecified atom stereocenters. The number of nitrogens with one attached hydrogen (secondary N) is 1. The summed E-state index contributed by atoms with van der Waals surface area (Å²) in [5.41, 5.74) is 1.39. The number of urea groups is 1. The van der Waals surface area contributed by atoms with Gasteiger partial charge in [-0.1, -0.05) is 17.7 Å². The van der Waals surface area contributed by atoms with E-state index in [-0.39, 0.29) is 29.6 Å². The van der Waals surface area contributed by atoms with Crippen molar-refractivity contribution in [2.45, 2.75) is 18.5 Å². The van der Waals surface area contributed by atoms with E-state index in [4.69, 9.17) is 11.6 Å². The summed E-state index contributed by atoms with van der Waals surface area (Å²) in [7, 11) is 0. The van der Waals surface area contributed by atoms with E-state index in [1.807, 2.05) is 29.2 Å². The number of carbonyl (C=O) groups excluding carboxylic acids is 2. The third kappa shape index (κ3) is 3.62. The molecule has 9 heteroatoms. The minimum Gasteiger partial charge on any atom is -0.346 e. The average molecular weight is 455 g/mol. The number of thiophene rings is 1. The highest BCUT2D eigenvalue weighted by Gasteiger charge is 2.46. The van der Waals surface area contributed by atoms with Gasteiger partial charge in [-0.05, 0) is 48.9 Å². The van der Waals surface area contributed by atoms with Crippen molar-refractivity contribution in [3.63, 3.8) is 0 Å². The highest BCUT2D eigenvalue weighted by molar-refractivity contribution is 7.18. The first kappa shape index (κ1) is 19.8. The molecule has 0 spiro atoms. The summed E-state index contributed by atoms with van der Waals surface area (Å²) in [4.78, 5) is 41.6. The van der Waals surface area contributed by atoms with Crippen molar-refractivity contribution in [3.05, 3.63) is 80.4 Å². The van der Waals surface area contributed by atoms with Crippen LogP contribution in [0.25, 0.3) is 5.69 Å². The van der Waals surface area contributed by atoms with E-state index in [0.717, 1.165) is 17.8 Å². The van der Waals surface area contributed by atoms with Gasteiger partial charge in [-0.3, -0.25) is 19.1 Å². The van der Waals surface area contributed by atoms with Crippen LogP contribution in [0.15, 0.2) is 65.6 Å². The fourth-order valence-electron chi connectivity index (χ4n) is 4.23. The van der Waals surface area contributed by atoms with Crippen molar-refractivity contribution >= 4 is 40.6 Å². The maximum Gasteiger partial charge on any atom is 0.324 e. The molecule has 2 aliphatic heterocycles. The lowest BCUT2D eigenvalue weighted by molar-refractivity contribution is 0.0935. The molecule has 3 aromatic rings. The van der Waals surface area contributed by atoms with Gasteiger partial charge in [0, 0.05) is 30.2 Å². The number of benzene rings is 1. The topological polar surface area (TPSA) is 74.7 Å². The Hall–Kier alpha value is -3.10. The number of fused-ring (bicyclic) bond motifs is 1. The van der Waals surface area contributed by atoms with Gasteiger partial charge in [0.2, 0.25) is 0 Å². The van der Waals surface area contributed by atoms with Crippen LogP contribution in [-0.2, 0) is 0 Å². The molecule has 31 heavy (non-hydrogen) atoms. The highest BCUT2D eigenvalue weighted by atomic mass is 35.5. The van der Waals surface area contributed by atoms with Crippen molar-refractivity contribution in [2.24, 2.45) is 0 Å². The van der Waals surface area contributed by atoms with Crippen LogP contribution in [0.4, 0.5) is 10.5 Å². The summed E-state index contributed by atoms with van der Waals surface area (Å²) in [5.74, 6) is -0.160. The Morgan fingerprint density at radius 1 is 1.03 bits per heavy atom. The minimum absolute atomic E-state index is 0.0643. The number of hydrogen-bond donors (Lipinski definition) is 1. The molecule has 0 saturated carbocycles. The molecule has 2 saturated heterocycles. The quantitative estimate of drug-likeness (QED) is 0.656. The maximum absolute atomic E-state index is 13.0. The number of pyridine rings is 1. The summed E-state index contributed by atoms with van der Waals surface area (Å²) in [6.45, 7) is 1.10. The maximum atomic E-state index is 13.0. The second-order valence-electron chi connectivity index (χ2n) is 7.55. The Kier molecular flexibility index (Phi) is 5.03. The first-order valence-corrected chi connectivity index (χ1v) is 11.1. The summed E-state index contributed by atoms with van der Waals surface area (Å²) in [5, 5.41) is 3.06. The third-order valence-electron chi connectivity index (χ3n) is 5.77. The number of amides is 3. The van der Waals surface area contributed by atoms with Crippen LogP contribution in [-0.4, -0.2) is 46.6 Å². The zero-order chi connectivity index (χ0) is 21.5. The second-order valence-corrected chi connectivity index (χ2v) is 9.27. The molecule has 2 fully saturated rings. The van der Waals surface area contributed by atoms with Crippen molar-refractivity contribution in [1.29, 1.82) is 0 Å². The minimum atomic E-state index is -0.160. The predicted octanol–water partition coefficient (Wildman–Crippen LogP) is 3.37. The molecule has 1 N–H and O–H groups in total. The van der Waals surface area contributed by atoms with Crippen molar-refractivity contribution < 1.29 is 9.59 Å². The van der Waals surface area contributed by atoms with Gasteiger partial charge in [-0.2, -0.15) is 0 Å². The van der Waals surface area contributed by atoms with Crippen LogP contribution in [0.3, 0.4) is 0 Å². The smallest absolute Gasteiger partial charge is 0.324 e. The van der Waals surface area contributed by atoms with Crippen molar-refractivity contribution in [1.82, 2.24) is 14.8 Å². The molecule has 0 bridgehead atoms. The van der Waals surface area contributed by atoms with Crippen LogP contribution in [0.2, 0.25) is 4.34 Å². The van der Waals surface area contributed by atoms with E-state index >= 15 is 0 Å². The number of anilines is 1. The van der Waals surface area contributed by atoms with Crippen LogP contribution in [0.5, 0.6) is 0 Å². The fraction of sp³-hybridized carbons (Fsp3) is 0.227. The Balaban J connectivity index is 1.31. The van der Waals surface area contributed by atoms with E-state index in [1.54, 1.807) is 39.9 Å². The molecule has 2 aromatic heterocycles. The van der Waals surface area contributed by atoms with Gasteiger partial charge in [0.15, 0.2) is 0 Å². The largest absolute Gasteiger partial charge is 0.346 e. The lowest BCUT2D eigenvalue weighted by atomic mass is 10.1. The van der Waals surface area contributed by atoms with E-state index < -0.39 is 0 Å². The zero-order valence-electron chi connectivity index (χ0n) is 16.4. The third-order valence-corrected chi connectivity index (χ3v) is 7.00. The second kappa shape index (κ2) is 7.86. The number of halogens is 1. The number of hydrogen-bond acceptors (Lipinski definition) is 4. The molecule has 3 amide bonds. The molecule has 2 atom stereocenters.